The SMILES string of the molecule is C[C@H]1[C@H](CC(=O)/C(=N/OC(C)(C)OC=O)c2csc(N)n2)C(=O)N1S(=O)(=O)OCC(C)(C)C(=O)OCc1ccccc1. The minimum atomic E-state index is -4.60. The molecule has 2 heterocycles. The number of aromatic nitrogens is 1. The van der Waals surface area contributed by atoms with E-state index in [0.717, 1.165) is 16.9 Å². The van der Waals surface area contributed by atoms with E-state index < -0.39 is 64.2 Å². The summed E-state index contributed by atoms with van der Waals surface area (Å²) in [7, 11) is -4.60. The number of rotatable bonds is 15. The monoisotopic (exact) mass is 624 g/mol. The number of hydrogen-bond donors (Lipinski definition) is 1. The topological polar surface area (TPSA) is 194 Å². The maximum atomic E-state index is 13.2. The van der Waals surface area contributed by atoms with Gasteiger partial charge in [-0.15, -0.1) is 11.3 Å². The average Bonchev–Trinajstić information content (AvgIpc) is 3.35. The van der Waals surface area contributed by atoms with Crippen LogP contribution in [-0.2, 0) is 54.6 Å². The van der Waals surface area contributed by atoms with Crippen molar-refractivity contribution in [2.75, 3.05) is 12.3 Å². The van der Waals surface area contributed by atoms with Crippen molar-refractivity contribution in [1.29, 1.82) is 0 Å². The lowest BCUT2D eigenvalue weighted by atomic mass is 9.86. The van der Waals surface area contributed by atoms with Crippen LogP contribution in [0.1, 0.15) is 52.3 Å². The van der Waals surface area contributed by atoms with Crippen LogP contribution >= 0.6 is 11.3 Å². The number of nitrogens with two attached hydrogens (primary N) is 1. The molecule has 0 unspecified atom stereocenters. The number of thiazole rings is 1. The molecule has 16 heteroatoms. The summed E-state index contributed by atoms with van der Waals surface area (Å²) in [5.74, 6) is -4.79. The Morgan fingerprint density at radius 2 is 1.86 bits per heavy atom. The largest absolute Gasteiger partial charge is 0.460 e. The number of anilines is 1. The van der Waals surface area contributed by atoms with Gasteiger partial charge in [0.15, 0.2) is 16.6 Å². The van der Waals surface area contributed by atoms with Crippen LogP contribution in [0.15, 0.2) is 40.9 Å². The molecule has 2 aromatic rings. The number of nitrogens with zero attached hydrogens (tertiary/aromatic N) is 3. The Morgan fingerprint density at radius 1 is 1.19 bits per heavy atom. The van der Waals surface area contributed by atoms with Gasteiger partial charge in [-0.25, -0.2) is 9.29 Å². The molecular weight excluding hydrogens is 592 g/mol. The first kappa shape index (κ1) is 32.6. The lowest BCUT2D eigenvalue weighted by Crippen LogP contribution is -2.62. The zero-order valence-electron chi connectivity index (χ0n) is 23.6. The fraction of sp³-hybridized carbons (Fsp3) is 0.462. The summed E-state index contributed by atoms with van der Waals surface area (Å²) in [6.07, 6.45) is -0.433. The number of Topliss-reactive ketones (excluding diaryl/α,β-unsaturated/α-hetero) is 1. The van der Waals surface area contributed by atoms with Gasteiger partial charge >= 0.3 is 16.3 Å². The van der Waals surface area contributed by atoms with Gasteiger partial charge in [0, 0.05) is 25.6 Å². The summed E-state index contributed by atoms with van der Waals surface area (Å²) in [5.41, 5.74) is 4.86. The van der Waals surface area contributed by atoms with Gasteiger partial charge in [-0.3, -0.25) is 23.4 Å². The lowest BCUT2D eigenvalue weighted by Gasteiger charge is -2.43. The maximum absolute atomic E-state index is 13.2. The molecule has 42 heavy (non-hydrogen) atoms. The van der Waals surface area contributed by atoms with Gasteiger partial charge in [-0.1, -0.05) is 35.5 Å². The number of nitrogen functional groups attached to an aromatic ring is 1. The van der Waals surface area contributed by atoms with Gasteiger partial charge in [-0.05, 0) is 26.3 Å². The predicted molar refractivity (Wildman–Crippen MR) is 150 cm³/mol. The van der Waals surface area contributed by atoms with Crippen molar-refractivity contribution in [2.45, 2.75) is 59.5 Å². The molecule has 1 aromatic carbocycles. The van der Waals surface area contributed by atoms with Crippen molar-refractivity contribution in [1.82, 2.24) is 9.29 Å². The van der Waals surface area contributed by atoms with E-state index in [1.54, 1.807) is 24.3 Å². The van der Waals surface area contributed by atoms with E-state index >= 15 is 0 Å². The standard InChI is InChI=1S/C26H32N4O10S2/c1-16-18(11-20(32)21(19-13-41-24(27)28-19)29-40-26(4,5)38-15-31)22(33)30(16)42(35,36)39-14-25(2,3)23(34)37-12-17-9-7-6-8-10-17/h6-10,13,15-16,18H,11-12,14H2,1-5H3,(H2,27,28)/b29-21+/t16-,18-/m0/s1. The Bertz CT molecular complexity index is 1450. The highest BCUT2D eigenvalue weighted by Crippen LogP contribution is 2.34. The van der Waals surface area contributed by atoms with Crippen LogP contribution in [0.2, 0.25) is 0 Å². The Hall–Kier alpha value is -3.89. The molecule has 0 bridgehead atoms. The number of ketones is 1. The molecule has 2 atom stereocenters. The van der Waals surface area contributed by atoms with Crippen LogP contribution in [-0.4, -0.2) is 66.0 Å². The third-order valence-electron chi connectivity index (χ3n) is 6.18. The second-order valence-corrected chi connectivity index (χ2v) is 12.9. The molecule has 0 saturated carbocycles. The number of amides is 1. The molecule has 1 saturated heterocycles. The summed E-state index contributed by atoms with van der Waals surface area (Å²) in [6.45, 7) is 6.68. The Labute approximate surface area is 247 Å². The van der Waals surface area contributed by atoms with Crippen molar-refractivity contribution in [3.8, 4) is 0 Å². The van der Waals surface area contributed by atoms with Crippen molar-refractivity contribution in [2.24, 2.45) is 16.5 Å². The molecule has 1 aliphatic rings. The number of carbonyl (C=O) groups is 4. The zero-order chi connectivity index (χ0) is 31.3. The first-order valence-corrected chi connectivity index (χ1v) is 14.9. The molecular formula is C26H32N4O10S2. The van der Waals surface area contributed by atoms with E-state index in [1.165, 1.54) is 40.0 Å². The number of hydrogen-bond acceptors (Lipinski definition) is 14. The van der Waals surface area contributed by atoms with Crippen molar-refractivity contribution < 1.29 is 46.1 Å². The van der Waals surface area contributed by atoms with Gasteiger partial charge in [0.25, 0.3) is 12.3 Å². The molecule has 1 fully saturated rings. The van der Waals surface area contributed by atoms with Crippen LogP contribution in [0.4, 0.5) is 5.13 Å². The van der Waals surface area contributed by atoms with E-state index in [-0.39, 0.29) is 29.6 Å². The molecule has 2 N–H and O–H groups in total. The number of ether oxygens (including phenoxy) is 2. The molecule has 3 rings (SSSR count). The van der Waals surface area contributed by atoms with Crippen LogP contribution in [0.25, 0.3) is 0 Å². The Morgan fingerprint density at radius 3 is 2.43 bits per heavy atom. The van der Waals surface area contributed by atoms with Gasteiger partial charge in [-0.2, -0.15) is 8.42 Å². The van der Waals surface area contributed by atoms with Crippen LogP contribution in [0, 0.1) is 11.3 Å². The van der Waals surface area contributed by atoms with Crippen LogP contribution < -0.4 is 5.73 Å². The number of carbonyl (C=O) groups excluding carboxylic acids is 4. The molecule has 14 nitrogen and oxygen atoms in total. The molecule has 1 aromatic heterocycles. The number of β-lactam (4-membered cyclic amide) rings is 1. The van der Waals surface area contributed by atoms with Crippen LogP contribution in [0.5, 0.6) is 0 Å². The van der Waals surface area contributed by atoms with E-state index in [0.29, 0.717) is 4.31 Å². The summed E-state index contributed by atoms with van der Waals surface area (Å²) in [6, 6.07) is 8.00. The van der Waals surface area contributed by atoms with E-state index in [1.807, 2.05) is 6.07 Å². The van der Waals surface area contributed by atoms with E-state index in [4.69, 9.17) is 24.2 Å². The molecule has 0 aliphatic carbocycles. The van der Waals surface area contributed by atoms with Gasteiger partial charge in [0.05, 0.1) is 24.0 Å². The smallest absolute Gasteiger partial charge is 0.364 e. The van der Waals surface area contributed by atoms with E-state index in [9.17, 15) is 27.6 Å². The zero-order valence-corrected chi connectivity index (χ0v) is 25.3. The highest BCUT2D eigenvalue weighted by atomic mass is 32.2. The molecule has 228 valence electrons. The number of benzene rings is 1. The first-order valence-electron chi connectivity index (χ1n) is 12.6. The molecule has 1 amide bonds. The van der Waals surface area contributed by atoms with Gasteiger partial charge in [0.1, 0.15) is 12.3 Å². The number of esters is 1. The number of oxime groups is 1. The second-order valence-electron chi connectivity index (χ2n) is 10.5. The third kappa shape index (κ3) is 7.89. The van der Waals surface area contributed by atoms with Crippen molar-refractivity contribution in [3.63, 3.8) is 0 Å². The second kappa shape index (κ2) is 13.0. The normalized spacial score (nSPS) is 17.8. The maximum Gasteiger partial charge on any atom is 0.364 e. The fourth-order valence-corrected chi connectivity index (χ4v) is 5.72. The first-order chi connectivity index (χ1) is 19.6. The summed E-state index contributed by atoms with van der Waals surface area (Å²) < 4.78 is 41.4. The molecule has 1 aliphatic heterocycles. The summed E-state index contributed by atoms with van der Waals surface area (Å²) in [5, 5.41) is 5.39. The van der Waals surface area contributed by atoms with Crippen molar-refractivity contribution in [3.05, 3.63) is 47.0 Å². The Kier molecular flexibility index (Phi) is 10.1. The fourth-order valence-electron chi connectivity index (χ4n) is 3.71. The average molecular weight is 625 g/mol. The summed E-state index contributed by atoms with van der Waals surface area (Å²) in [4.78, 5) is 58.6. The minimum Gasteiger partial charge on any atom is -0.460 e. The Balaban J connectivity index is 1.64. The quantitative estimate of drug-likeness (QED) is 0.0759. The van der Waals surface area contributed by atoms with Gasteiger partial charge < -0.3 is 20.0 Å². The summed E-state index contributed by atoms with van der Waals surface area (Å²) >= 11 is 1.04. The van der Waals surface area contributed by atoms with Crippen LogP contribution in [0.3, 0.4) is 0 Å². The highest BCUT2D eigenvalue weighted by molar-refractivity contribution is 7.85. The van der Waals surface area contributed by atoms with Gasteiger partial charge in [0.2, 0.25) is 5.91 Å². The third-order valence-corrected chi connectivity index (χ3v) is 8.27. The predicted octanol–water partition coefficient (Wildman–Crippen LogP) is 2.19. The minimum absolute atomic E-state index is 0.00135. The van der Waals surface area contributed by atoms with E-state index in [2.05, 4.69) is 10.1 Å². The molecule has 0 radical (unpaired) electrons. The van der Waals surface area contributed by atoms with Crippen molar-refractivity contribution >= 4 is 56.6 Å². The highest BCUT2D eigenvalue weighted by Gasteiger charge is 2.53. The lowest BCUT2D eigenvalue weighted by molar-refractivity contribution is -0.203. The molecule has 0 spiro atoms.